The molecule has 0 aromatic rings. The summed E-state index contributed by atoms with van der Waals surface area (Å²) >= 11 is 0. The van der Waals surface area contributed by atoms with E-state index >= 15 is 0 Å². The van der Waals surface area contributed by atoms with E-state index in [1.165, 1.54) is 0 Å². The van der Waals surface area contributed by atoms with Crippen molar-refractivity contribution in [2.24, 2.45) is 35.1 Å². The predicted molar refractivity (Wildman–Crippen MR) is 99.8 cm³/mol. The van der Waals surface area contributed by atoms with E-state index in [-0.39, 0.29) is 37.0 Å². The summed E-state index contributed by atoms with van der Waals surface area (Å²) in [5.74, 6) is 0.881. The SMILES string of the molecule is CC(C)C[C@H](CN)CC(=O)OCCCOC(=O)C[C@H](CN)CC(C)C. The molecule has 25 heavy (non-hydrogen) atoms. The maximum Gasteiger partial charge on any atom is 0.306 e. The molecule has 0 bridgehead atoms. The van der Waals surface area contributed by atoms with Gasteiger partial charge in [-0.05, 0) is 49.6 Å². The van der Waals surface area contributed by atoms with Gasteiger partial charge in [0.2, 0.25) is 0 Å². The molecule has 0 saturated heterocycles. The molecule has 0 aromatic carbocycles. The standard InChI is InChI=1S/C19H38N2O4/c1-14(2)8-16(12-20)10-18(22)24-6-5-7-25-19(23)11-17(13-21)9-15(3)4/h14-17H,5-13,20-21H2,1-4H3/t16-,17+. The Balaban J connectivity index is 3.83. The maximum absolute atomic E-state index is 11.8. The molecule has 0 radical (unpaired) electrons. The number of carbonyl (C=O) groups is 2. The molecule has 0 aliphatic heterocycles. The highest BCUT2D eigenvalue weighted by Crippen LogP contribution is 2.16. The van der Waals surface area contributed by atoms with Gasteiger partial charge in [-0.2, -0.15) is 0 Å². The van der Waals surface area contributed by atoms with Gasteiger partial charge < -0.3 is 20.9 Å². The van der Waals surface area contributed by atoms with Crippen molar-refractivity contribution in [1.82, 2.24) is 0 Å². The molecule has 0 spiro atoms. The van der Waals surface area contributed by atoms with E-state index in [2.05, 4.69) is 27.7 Å². The van der Waals surface area contributed by atoms with Gasteiger partial charge in [-0.1, -0.05) is 27.7 Å². The van der Waals surface area contributed by atoms with Crippen LogP contribution >= 0.6 is 0 Å². The molecule has 0 fully saturated rings. The molecule has 4 N–H and O–H groups in total. The Bertz CT molecular complexity index is 338. The highest BCUT2D eigenvalue weighted by Gasteiger charge is 2.16. The van der Waals surface area contributed by atoms with Crippen molar-refractivity contribution in [3.63, 3.8) is 0 Å². The topological polar surface area (TPSA) is 105 Å². The van der Waals surface area contributed by atoms with Crippen LogP contribution in [0.25, 0.3) is 0 Å². The van der Waals surface area contributed by atoms with Crippen molar-refractivity contribution in [2.75, 3.05) is 26.3 Å². The molecular formula is C19H38N2O4. The number of rotatable bonds is 14. The molecule has 0 heterocycles. The zero-order valence-electron chi connectivity index (χ0n) is 16.5. The molecule has 0 aliphatic rings. The third-order valence-electron chi connectivity index (χ3n) is 4.00. The second kappa shape index (κ2) is 14.1. The smallest absolute Gasteiger partial charge is 0.306 e. The Kier molecular flexibility index (Phi) is 13.4. The Labute approximate surface area is 153 Å². The first-order valence-corrected chi connectivity index (χ1v) is 9.49. The highest BCUT2D eigenvalue weighted by atomic mass is 16.5. The van der Waals surface area contributed by atoms with Crippen LogP contribution in [-0.2, 0) is 19.1 Å². The van der Waals surface area contributed by atoms with E-state index in [0.717, 1.165) is 12.8 Å². The van der Waals surface area contributed by atoms with E-state index < -0.39 is 0 Å². The summed E-state index contributed by atoms with van der Waals surface area (Å²) in [5, 5.41) is 0. The second-order valence-electron chi connectivity index (χ2n) is 7.67. The Morgan fingerprint density at radius 3 is 1.40 bits per heavy atom. The van der Waals surface area contributed by atoms with Gasteiger partial charge in [-0.25, -0.2) is 0 Å². The average Bonchev–Trinajstić information content (AvgIpc) is 2.52. The number of nitrogens with two attached hydrogens (primary N) is 2. The lowest BCUT2D eigenvalue weighted by atomic mass is 9.94. The van der Waals surface area contributed by atoms with Crippen molar-refractivity contribution in [3.8, 4) is 0 Å². The predicted octanol–water partition coefficient (Wildman–Crippen LogP) is 2.49. The van der Waals surface area contributed by atoms with Gasteiger partial charge in [-0.15, -0.1) is 0 Å². The van der Waals surface area contributed by atoms with Crippen LogP contribution in [0.3, 0.4) is 0 Å². The number of esters is 2. The number of hydrogen-bond acceptors (Lipinski definition) is 6. The van der Waals surface area contributed by atoms with E-state index in [9.17, 15) is 9.59 Å². The summed E-state index contributed by atoms with van der Waals surface area (Å²) in [6.07, 6.45) is 3.04. The molecule has 0 aliphatic carbocycles. The van der Waals surface area contributed by atoms with E-state index in [1.807, 2.05) is 0 Å². The fourth-order valence-corrected chi connectivity index (χ4v) is 2.88. The molecule has 0 aromatic heterocycles. The van der Waals surface area contributed by atoms with Crippen LogP contribution in [0.2, 0.25) is 0 Å². The summed E-state index contributed by atoms with van der Waals surface area (Å²) in [7, 11) is 0. The van der Waals surface area contributed by atoms with Crippen LogP contribution in [0.5, 0.6) is 0 Å². The Hall–Kier alpha value is -1.14. The quantitative estimate of drug-likeness (QED) is 0.365. The van der Waals surface area contributed by atoms with Gasteiger partial charge >= 0.3 is 11.9 Å². The number of carbonyl (C=O) groups excluding carboxylic acids is 2. The monoisotopic (exact) mass is 358 g/mol. The molecular weight excluding hydrogens is 320 g/mol. The minimum absolute atomic E-state index is 0.166. The van der Waals surface area contributed by atoms with Crippen molar-refractivity contribution in [3.05, 3.63) is 0 Å². The minimum Gasteiger partial charge on any atom is -0.466 e. The van der Waals surface area contributed by atoms with Crippen LogP contribution in [0.1, 0.15) is 59.8 Å². The number of ether oxygens (including phenoxy) is 2. The Morgan fingerprint density at radius 2 is 1.12 bits per heavy atom. The zero-order valence-corrected chi connectivity index (χ0v) is 16.5. The molecule has 6 heteroatoms. The largest absolute Gasteiger partial charge is 0.466 e. The van der Waals surface area contributed by atoms with Crippen molar-refractivity contribution in [2.45, 2.75) is 59.8 Å². The third-order valence-corrected chi connectivity index (χ3v) is 4.00. The summed E-state index contributed by atoms with van der Waals surface area (Å²) in [6.45, 7) is 9.94. The van der Waals surface area contributed by atoms with E-state index in [0.29, 0.717) is 44.2 Å². The van der Waals surface area contributed by atoms with Crippen molar-refractivity contribution < 1.29 is 19.1 Å². The first kappa shape index (κ1) is 23.9. The fourth-order valence-electron chi connectivity index (χ4n) is 2.88. The lowest BCUT2D eigenvalue weighted by molar-refractivity contribution is -0.147. The summed E-state index contributed by atoms with van der Waals surface area (Å²) in [6, 6.07) is 0. The van der Waals surface area contributed by atoms with Gasteiger partial charge in [0.1, 0.15) is 0 Å². The van der Waals surface area contributed by atoms with Crippen LogP contribution in [-0.4, -0.2) is 38.2 Å². The van der Waals surface area contributed by atoms with Gasteiger partial charge in [0, 0.05) is 19.3 Å². The van der Waals surface area contributed by atoms with Crippen LogP contribution in [0.15, 0.2) is 0 Å². The van der Waals surface area contributed by atoms with Crippen LogP contribution in [0, 0.1) is 23.7 Å². The zero-order chi connectivity index (χ0) is 19.2. The second-order valence-corrected chi connectivity index (χ2v) is 7.67. The first-order valence-electron chi connectivity index (χ1n) is 9.49. The molecule has 148 valence electrons. The van der Waals surface area contributed by atoms with Crippen LogP contribution in [0.4, 0.5) is 0 Å². The first-order chi connectivity index (χ1) is 11.8. The van der Waals surface area contributed by atoms with Gasteiger partial charge in [-0.3, -0.25) is 9.59 Å². The average molecular weight is 359 g/mol. The van der Waals surface area contributed by atoms with E-state index in [4.69, 9.17) is 20.9 Å². The maximum atomic E-state index is 11.8. The van der Waals surface area contributed by atoms with Crippen LogP contribution < -0.4 is 11.5 Å². The molecule has 6 nitrogen and oxygen atoms in total. The Morgan fingerprint density at radius 1 is 0.760 bits per heavy atom. The summed E-state index contributed by atoms with van der Waals surface area (Å²) < 4.78 is 10.4. The molecule has 0 amide bonds. The normalized spacial score (nSPS) is 13.8. The summed E-state index contributed by atoms with van der Waals surface area (Å²) in [5.41, 5.74) is 11.4. The molecule has 0 unspecified atom stereocenters. The minimum atomic E-state index is -0.234. The lowest BCUT2D eigenvalue weighted by Crippen LogP contribution is -2.22. The number of hydrogen-bond donors (Lipinski definition) is 2. The molecule has 0 saturated carbocycles. The fraction of sp³-hybridized carbons (Fsp3) is 0.895. The highest BCUT2D eigenvalue weighted by molar-refractivity contribution is 5.70. The molecule has 2 atom stereocenters. The lowest BCUT2D eigenvalue weighted by Gasteiger charge is -2.16. The van der Waals surface area contributed by atoms with Crippen molar-refractivity contribution >= 4 is 11.9 Å². The van der Waals surface area contributed by atoms with Crippen molar-refractivity contribution in [1.29, 1.82) is 0 Å². The van der Waals surface area contributed by atoms with E-state index in [1.54, 1.807) is 0 Å². The summed E-state index contributed by atoms with van der Waals surface area (Å²) in [4.78, 5) is 23.6. The van der Waals surface area contributed by atoms with Gasteiger partial charge in [0.05, 0.1) is 13.2 Å². The third kappa shape index (κ3) is 13.8. The van der Waals surface area contributed by atoms with Gasteiger partial charge in [0.25, 0.3) is 0 Å². The molecule has 0 rings (SSSR count). The van der Waals surface area contributed by atoms with Gasteiger partial charge in [0.15, 0.2) is 0 Å².